The summed E-state index contributed by atoms with van der Waals surface area (Å²) in [5.74, 6) is -0.569. The van der Waals surface area contributed by atoms with Gasteiger partial charge in [-0.25, -0.2) is 4.39 Å². The molecule has 1 aromatic carbocycles. The van der Waals surface area contributed by atoms with Crippen molar-refractivity contribution < 1.29 is 14.3 Å². The van der Waals surface area contributed by atoms with E-state index in [2.05, 4.69) is 0 Å². The maximum atomic E-state index is 13.5. The molecule has 0 aromatic heterocycles. The van der Waals surface area contributed by atoms with E-state index in [1.165, 1.54) is 12.1 Å². The Labute approximate surface area is 100 Å². The Balaban J connectivity index is 2.51. The second-order valence-electron chi connectivity index (χ2n) is 5.06. The maximum absolute atomic E-state index is 13.5. The van der Waals surface area contributed by atoms with Gasteiger partial charge in [0, 0.05) is 0 Å². The van der Waals surface area contributed by atoms with E-state index in [-0.39, 0.29) is 18.2 Å². The SMILES string of the molecule is CC(C)c1cc(F)cc(C2CC2)c1CC(=O)O. The van der Waals surface area contributed by atoms with Gasteiger partial charge in [0.2, 0.25) is 0 Å². The first-order valence-corrected chi connectivity index (χ1v) is 6.03. The first-order chi connectivity index (χ1) is 7.99. The number of aliphatic carboxylic acids is 1. The van der Waals surface area contributed by atoms with Crippen LogP contribution in [0, 0.1) is 5.82 Å². The molecule has 3 heteroatoms. The van der Waals surface area contributed by atoms with Crippen molar-refractivity contribution in [2.45, 2.75) is 44.9 Å². The van der Waals surface area contributed by atoms with Gasteiger partial charge in [-0.15, -0.1) is 0 Å². The average Bonchev–Trinajstić information content (AvgIpc) is 3.02. The van der Waals surface area contributed by atoms with Gasteiger partial charge >= 0.3 is 5.97 Å². The fourth-order valence-electron chi connectivity index (χ4n) is 2.31. The van der Waals surface area contributed by atoms with Gasteiger partial charge < -0.3 is 5.11 Å². The predicted octanol–water partition coefficient (Wildman–Crippen LogP) is 3.45. The first kappa shape index (κ1) is 12.1. The molecular weight excluding hydrogens is 219 g/mol. The summed E-state index contributed by atoms with van der Waals surface area (Å²) in [6.07, 6.45) is 2.10. The van der Waals surface area contributed by atoms with Gasteiger partial charge in [-0.05, 0) is 53.5 Å². The maximum Gasteiger partial charge on any atom is 0.307 e. The number of carbonyl (C=O) groups is 1. The highest BCUT2D eigenvalue weighted by Crippen LogP contribution is 2.43. The summed E-state index contributed by atoms with van der Waals surface area (Å²) in [5, 5.41) is 8.98. The van der Waals surface area contributed by atoms with Gasteiger partial charge in [0.1, 0.15) is 5.82 Å². The standard InChI is InChI=1S/C14H17FO2/c1-8(2)11-5-10(15)6-12(9-3-4-9)13(11)7-14(16)17/h5-6,8-9H,3-4,7H2,1-2H3,(H,16,17). The second kappa shape index (κ2) is 4.47. The van der Waals surface area contributed by atoms with Crippen molar-refractivity contribution >= 4 is 5.97 Å². The van der Waals surface area contributed by atoms with E-state index in [1.807, 2.05) is 13.8 Å². The molecule has 0 radical (unpaired) electrons. The molecule has 2 rings (SSSR count). The molecule has 1 N–H and O–H groups in total. The quantitative estimate of drug-likeness (QED) is 0.869. The van der Waals surface area contributed by atoms with E-state index in [4.69, 9.17) is 5.11 Å². The normalized spacial score (nSPS) is 15.3. The van der Waals surface area contributed by atoms with Crippen molar-refractivity contribution in [1.82, 2.24) is 0 Å². The Morgan fingerprint density at radius 2 is 2.12 bits per heavy atom. The molecule has 1 aliphatic rings. The minimum absolute atomic E-state index is 0.000370. The van der Waals surface area contributed by atoms with Crippen LogP contribution in [-0.2, 0) is 11.2 Å². The van der Waals surface area contributed by atoms with Crippen LogP contribution >= 0.6 is 0 Å². The number of carboxylic acids is 1. The molecule has 0 bridgehead atoms. The van der Waals surface area contributed by atoms with Crippen LogP contribution in [0.4, 0.5) is 4.39 Å². The Morgan fingerprint density at radius 1 is 1.47 bits per heavy atom. The lowest BCUT2D eigenvalue weighted by molar-refractivity contribution is -0.136. The molecule has 92 valence electrons. The molecule has 0 saturated heterocycles. The van der Waals surface area contributed by atoms with Crippen molar-refractivity contribution in [3.63, 3.8) is 0 Å². The van der Waals surface area contributed by atoms with Crippen LogP contribution in [0.3, 0.4) is 0 Å². The average molecular weight is 236 g/mol. The van der Waals surface area contributed by atoms with Crippen molar-refractivity contribution in [3.8, 4) is 0 Å². The van der Waals surface area contributed by atoms with Gasteiger partial charge in [0.25, 0.3) is 0 Å². The van der Waals surface area contributed by atoms with Crippen molar-refractivity contribution in [1.29, 1.82) is 0 Å². The molecule has 0 aliphatic heterocycles. The third kappa shape index (κ3) is 2.65. The van der Waals surface area contributed by atoms with Crippen LogP contribution < -0.4 is 0 Å². The predicted molar refractivity (Wildman–Crippen MR) is 63.8 cm³/mol. The number of hydrogen-bond acceptors (Lipinski definition) is 1. The number of rotatable bonds is 4. The Hall–Kier alpha value is -1.38. The van der Waals surface area contributed by atoms with Crippen LogP contribution in [-0.4, -0.2) is 11.1 Å². The van der Waals surface area contributed by atoms with Gasteiger partial charge in [0.15, 0.2) is 0 Å². The summed E-state index contributed by atoms with van der Waals surface area (Å²) in [4.78, 5) is 10.9. The van der Waals surface area contributed by atoms with E-state index in [1.54, 1.807) is 0 Å². The molecule has 0 atom stereocenters. The highest BCUT2D eigenvalue weighted by Gasteiger charge is 2.29. The van der Waals surface area contributed by atoms with Crippen LogP contribution in [0.2, 0.25) is 0 Å². The zero-order valence-electron chi connectivity index (χ0n) is 10.2. The van der Waals surface area contributed by atoms with Crippen molar-refractivity contribution in [2.75, 3.05) is 0 Å². The molecule has 1 aromatic rings. The Morgan fingerprint density at radius 3 is 2.59 bits per heavy atom. The second-order valence-corrected chi connectivity index (χ2v) is 5.06. The molecule has 1 aliphatic carbocycles. The van der Waals surface area contributed by atoms with Crippen molar-refractivity contribution in [2.24, 2.45) is 0 Å². The summed E-state index contributed by atoms with van der Waals surface area (Å²) in [7, 11) is 0. The third-order valence-electron chi connectivity index (χ3n) is 3.25. The lowest BCUT2D eigenvalue weighted by Crippen LogP contribution is -2.09. The van der Waals surface area contributed by atoms with Gasteiger partial charge in [0.05, 0.1) is 6.42 Å². The van der Waals surface area contributed by atoms with E-state index in [0.29, 0.717) is 5.92 Å². The first-order valence-electron chi connectivity index (χ1n) is 6.03. The van der Waals surface area contributed by atoms with E-state index in [9.17, 15) is 9.18 Å². The van der Waals surface area contributed by atoms with E-state index < -0.39 is 5.97 Å². The third-order valence-corrected chi connectivity index (χ3v) is 3.25. The smallest absolute Gasteiger partial charge is 0.307 e. The molecule has 1 saturated carbocycles. The van der Waals surface area contributed by atoms with Crippen LogP contribution in [0.15, 0.2) is 12.1 Å². The Bertz CT molecular complexity index is 425. The van der Waals surface area contributed by atoms with Crippen LogP contribution in [0.25, 0.3) is 0 Å². The summed E-state index contributed by atoms with van der Waals surface area (Å²) >= 11 is 0. The summed E-state index contributed by atoms with van der Waals surface area (Å²) in [5.41, 5.74) is 2.59. The molecule has 0 heterocycles. The van der Waals surface area contributed by atoms with E-state index in [0.717, 1.165) is 29.5 Å². The Kier molecular flexibility index (Phi) is 3.18. The number of carboxylic acid groups (broad SMARTS) is 1. The monoisotopic (exact) mass is 236 g/mol. The molecule has 0 spiro atoms. The zero-order chi connectivity index (χ0) is 12.6. The van der Waals surface area contributed by atoms with Gasteiger partial charge in [-0.2, -0.15) is 0 Å². The van der Waals surface area contributed by atoms with Gasteiger partial charge in [-0.3, -0.25) is 4.79 Å². The molecule has 1 fully saturated rings. The molecule has 17 heavy (non-hydrogen) atoms. The number of benzene rings is 1. The van der Waals surface area contributed by atoms with Crippen molar-refractivity contribution in [3.05, 3.63) is 34.6 Å². The summed E-state index contributed by atoms with van der Waals surface area (Å²) in [6.45, 7) is 3.94. The molecule has 0 amide bonds. The highest BCUT2D eigenvalue weighted by atomic mass is 19.1. The number of hydrogen-bond donors (Lipinski definition) is 1. The minimum atomic E-state index is -0.847. The minimum Gasteiger partial charge on any atom is -0.481 e. The van der Waals surface area contributed by atoms with Crippen LogP contribution in [0.5, 0.6) is 0 Å². The largest absolute Gasteiger partial charge is 0.481 e. The molecule has 0 unspecified atom stereocenters. The molecular formula is C14H17FO2. The molecule has 2 nitrogen and oxygen atoms in total. The van der Waals surface area contributed by atoms with E-state index >= 15 is 0 Å². The highest BCUT2D eigenvalue weighted by molar-refractivity contribution is 5.72. The van der Waals surface area contributed by atoms with Crippen LogP contribution in [0.1, 0.15) is 55.2 Å². The fraction of sp³-hybridized carbons (Fsp3) is 0.500. The fourth-order valence-corrected chi connectivity index (χ4v) is 2.31. The zero-order valence-corrected chi connectivity index (χ0v) is 10.2. The van der Waals surface area contributed by atoms with Gasteiger partial charge in [-0.1, -0.05) is 13.8 Å². The lowest BCUT2D eigenvalue weighted by Gasteiger charge is -2.16. The lowest BCUT2D eigenvalue weighted by atomic mass is 9.89. The topological polar surface area (TPSA) is 37.3 Å². The number of halogens is 1. The summed E-state index contributed by atoms with van der Waals surface area (Å²) in [6, 6.07) is 3.00. The summed E-state index contributed by atoms with van der Waals surface area (Å²) < 4.78 is 13.5.